The van der Waals surface area contributed by atoms with Crippen LogP contribution in [0.2, 0.25) is 0 Å². The Morgan fingerprint density at radius 1 is 1.67 bits per heavy atom. The van der Waals surface area contributed by atoms with Gasteiger partial charge in [0.15, 0.2) is 0 Å². The number of aromatic nitrogens is 2. The van der Waals surface area contributed by atoms with Crippen LogP contribution < -0.4 is 5.73 Å². The summed E-state index contributed by atoms with van der Waals surface area (Å²) in [4.78, 5) is 0. The molecule has 5 heteroatoms. The van der Waals surface area contributed by atoms with Gasteiger partial charge in [0.2, 0.25) is 0 Å². The maximum Gasteiger partial charge on any atom is 0.0966 e. The van der Waals surface area contributed by atoms with Crippen LogP contribution in [0.3, 0.4) is 0 Å². The summed E-state index contributed by atoms with van der Waals surface area (Å²) >= 11 is 0. The van der Waals surface area contributed by atoms with Crippen molar-refractivity contribution in [3.05, 3.63) is 18.0 Å². The van der Waals surface area contributed by atoms with E-state index in [4.69, 9.17) is 15.9 Å². The van der Waals surface area contributed by atoms with E-state index in [1.807, 2.05) is 0 Å². The number of nitrogens with two attached hydrogens (primary N) is 1. The third kappa shape index (κ3) is 2.30. The van der Waals surface area contributed by atoms with Crippen molar-refractivity contribution in [2.24, 2.45) is 5.73 Å². The Hall–Kier alpha value is -0.910. The molecule has 0 fully saturated rings. The molecule has 0 aliphatic carbocycles. The number of hydrogen-bond acceptors (Lipinski definition) is 4. The van der Waals surface area contributed by atoms with Crippen LogP contribution in [-0.2, 0) is 13.1 Å². The Bertz CT molecular complexity index is 236. The van der Waals surface area contributed by atoms with Crippen LogP contribution in [0.25, 0.3) is 0 Å². The van der Waals surface area contributed by atoms with Gasteiger partial charge in [-0.3, -0.25) is 4.68 Å². The highest BCUT2D eigenvalue weighted by molar-refractivity contribution is 5.02. The summed E-state index contributed by atoms with van der Waals surface area (Å²) in [5.41, 5.74) is 6.28. The number of aliphatic hydroxyl groups is 2. The van der Waals surface area contributed by atoms with E-state index in [1.54, 1.807) is 17.1 Å². The van der Waals surface area contributed by atoms with Crippen LogP contribution in [0.1, 0.15) is 5.56 Å². The van der Waals surface area contributed by atoms with Crippen molar-refractivity contribution in [3.63, 3.8) is 0 Å². The van der Waals surface area contributed by atoms with Crippen molar-refractivity contribution in [1.82, 2.24) is 9.78 Å². The zero-order chi connectivity index (χ0) is 8.97. The van der Waals surface area contributed by atoms with Crippen molar-refractivity contribution in [2.75, 3.05) is 6.61 Å². The molecular weight excluding hydrogens is 158 g/mol. The van der Waals surface area contributed by atoms with Gasteiger partial charge in [-0.05, 0) is 0 Å². The molecule has 0 spiro atoms. The van der Waals surface area contributed by atoms with Crippen molar-refractivity contribution in [1.29, 1.82) is 0 Å². The Morgan fingerprint density at radius 3 is 2.92 bits per heavy atom. The lowest BCUT2D eigenvalue weighted by Gasteiger charge is -2.05. The Balaban J connectivity index is 2.52. The standard InChI is InChI=1S/C7H13N3O2/c8-1-6-2-9-10(3-6)4-7(12)5-11/h2-3,7,11-12H,1,4-5,8H2. The molecule has 0 amide bonds. The largest absolute Gasteiger partial charge is 0.394 e. The average molecular weight is 171 g/mol. The van der Waals surface area contributed by atoms with Gasteiger partial charge < -0.3 is 15.9 Å². The van der Waals surface area contributed by atoms with Crippen molar-refractivity contribution in [2.45, 2.75) is 19.2 Å². The minimum atomic E-state index is -0.754. The molecule has 1 heterocycles. The third-order valence-corrected chi connectivity index (χ3v) is 1.53. The van der Waals surface area contributed by atoms with Crippen LogP contribution in [0, 0.1) is 0 Å². The molecule has 12 heavy (non-hydrogen) atoms. The minimum absolute atomic E-state index is 0.252. The highest BCUT2D eigenvalue weighted by Gasteiger charge is 2.03. The quantitative estimate of drug-likeness (QED) is 0.525. The first-order valence-corrected chi connectivity index (χ1v) is 3.76. The lowest BCUT2D eigenvalue weighted by Crippen LogP contribution is -2.19. The molecule has 0 saturated carbocycles. The number of rotatable bonds is 4. The molecule has 1 aromatic heterocycles. The van der Waals surface area contributed by atoms with E-state index in [2.05, 4.69) is 5.10 Å². The Morgan fingerprint density at radius 2 is 2.42 bits per heavy atom. The zero-order valence-corrected chi connectivity index (χ0v) is 6.72. The van der Waals surface area contributed by atoms with Gasteiger partial charge in [-0.1, -0.05) is 0 Å². The van der Waals surface area contributed by atoms with E-state index >= 15 is 0 Å². The fraction of sp³-hybridized carbons (Fsp3) is 0.571. The van der Waals surface area contributed by atoms with Crippen molar-refractivity contribution in [3.8, 4) is 0 Å². The number of nitrogens with zero attached hydrogens (tertiary/aromatic N) is 2. The summed E-state index contributed by atoms with van der Waals surface area (Å²) in [5, 5.41) is 21.5. The fourth-order valence-corrected chi connectivity index (χ4v) is 0.885. The highest BCUT2D eigenvalue weighted by Crippen LogP contribution is 1.96. The average Bonchev–Trinajstić information content (AvgIpc) is 2.52. The number of aliphatic hydroxyl groups excluding tert-OH is 2. The second kappa shape index (κ2) is 4.20. The predicted octanol–water partition coefficient (Wildman–Crippen LogP) is -1.31. The molecule has 1 aromatic rings. The Kier molecular flexibility index (Phi) is 3.21. The highest BCUT2D eigenvalue weighted by atomic mass is 16.3. The van der Waals surface area contributed by atoms with Crippen LogP contribution >= 0.6 is 0 Å². The van der Waals surface area contributed by atoms with Gasteiger partial charge in [0.25, 0.3) is 0 Å². The van der Waals surface area contributed by atoms with Crippen LogP contribution in [-0.4, -0.2) is 32.7 Å². The van der Waals surface area contributed by atoms with Gasteiger partial charge in [0.1, 0.15) is 0 Å². The lowest BCUT2D eigenvalue weighted by atomic mass is 10.3. The molecule has 4 N–H and O–H groups in total. The lowest BCUT2D eigenvalue weighted by molar-refractivity contribution is 0.0782. The second-order valence-corrected chi connectivity index (χ2v) is 2.61. The van der Waals surface area contributed by atoms with E-state index in [1.165, 1.54) is 0 Å². The van der Waals surface area contributed by atoms with E-state index in [0.717, 1.165) is 5.56 Å². The van der Waals surface area contributed by atoms with E-state index in [0.29, 0.717) is 13.1 Å². The van der Waals surface area contributed by atoms with E-state index < -0.39 is 6.10 Å². The normalized spacial score (nSPS) is 13.2. The molecule has 0 radical (unpaired) electrons. The predicted molar refractivity (Wildman–Crippen MR) is 43.2 cm³/mol. The van der Waals surface area contributed by atoms with Crippen LogP contribution in [0.4, 0.5) is 0 Å². The van der Waals surface area contributed by atoms with Crippen molar-refractivity contribution < 1.29 is 10.2 Å². The fourth-order valence-electron chi connectivity index (χ4n) is 0.885. The van der Waals surface area contributed by atoms with Gasteiger partial charge in [-0.25, -0.2) is 0 Å². The SMILES string of the molecule is NCc1cnn(CC(O)CO)c1. The van der Waals surface area contributed by atoms with Crippen LogP contribution in [0.5, 0.6) is 0 Å². The molecule has 5 nitrogen and oxygen atoms in total. The molecule has 0 aliphatic rings. The summed E-state index contributed by atoms with van der Waals surface area (Å²) in [6.45, 7) is 0.490. The summed E-state index contributed by atoms with van der Waals surface area (Å²) < 4.78 is 1.56. The summed E-state index contributed by atoms with van der Waals surface area (Å²) in [5.74, 6) is 0. The summed E-state index contributed by atoms with van der Waals surface area (Å²) in [6.07, 6.45) is 2.64. The third-order valence-electron chi connectivity index (χ3n) is 1.53. The molecule has 0 bridgehead atoms. The molecule has 0 aliphatic heterocycles. The van der Waals surface area contributed by atoms with Gasteiger partial charge in [-0.15, -0.1) is 0 Å². The molecule has 0 aromatic carbocycles. The van der Waals surface area contributed by atoms with Gasteiger partial charge in [0, 0.05) is 18.3 Å². The van der Waals surface area contributed by atoms with E-state index in [-0.39, 0.29) is 6.61 Å². The topological polar surface area (TPSA) is 84.3 Å². The maximum atomic E-state index is 9.05. The molecular formula is C7H13N3O2. The maximum absolute atomic E-state index is 9.05. The van der Waals surface area contributed by atoms with Gasteiger partial charge >= 0.3 is 0 Å². The monoisotopic (exact) mass is 171 g/mol. The minimum Gasteiger partial charge on any atom is -0.394 e. The molecule has 0 saturated heterocycles. The first-order chi connectivity index (χ1) is 5.76. The molecule has 1 unspecified atom stereocenters. The van der Waals surface area contributed by atoms with Crippen molar-refractivity contribution >= 4 is 0 Å². The van der Waals surface area contributed by atoms with Gasteiger partial charge in [0.05, 0.1) is 25.5 Å². The zero-order valence-electron chi connectivity index (χ0n) is 6.72. The second-order valence-electron chi connectivity index (χ2n) is 2.61. The molecule has 1 rings (SSSR count). The summed E-state index contributed by atoms with van der Waals surface area (Å²) in [6, 6.07) is 0. The first-order valence-electron chi connectivity index (χ1n) is 3.76. The van der Waals surface area contributed by atoms with Gasteiger partial charge in [-0.2, -0.15) is 5.10 Å². The Labute approximate surface area is 70.4 Å². The first kappa shape index (κ1) is 9.18. The molecule has 68 valence electrons. The van der Waals surface area contributed by atoms with E-state index in [9.17, 15) is 0 Å². The summed E-state index contributed by atoms with van der Waals surface area (Å²) in [7, 11) is 0. The number of hydrogen-bond donors (Lipinski definition) is 3. The molecule has 1 atom stereocenters. The van der Waals surface area contributed by atoms with Crippen LogP contribution in [0.15, 0.2) is 12.4 Å². The smallest absolute Gasteiger partial charge is 0.0966 e.